The summed E-state index contributed by atoms with van der Waals surface area (Å²) in [6.45, 7) is 6.52. The molecule has 4 heterocycles. The molecule has 0 atom stereocenters. The molecule has 1 aromatic carbocycles. The molecule has 1 aliphatic heterocycles. The standard InChI is InChI=1S/C31H39N7O2S/c1-21-17-28(41-36-21)34-31-33-27-11-12-38(25-18-26(19-25)40-20-22-5-3-2-4-6-22)29(27)30(35-31)32-23-7-9-24(10-8-23)37-13-15-39-16-14-37/h2-6,11-12,17,23-26H,7-10,13-16,18-20H2,1H3,(H2,32,33,34,35). The molecule has 0 spiro atoms. The number of hydrogen-bond donors (Lipinski definition) is 2. The lowest BCUT2D eigenvalue weighted by molar-refractivity contribution is -0.0347. The molecule has 2 N–H and O–H groups in total. The van der Waals surface area contributed by atoms with Gasteiger partial charge in [0, 0.05) is 37.4 Å². The van der Waals surface area contributed by atoms with Gasteiger partial charge in [0.2, 0.25) is 5.95 Å². The smallest absolute Gasteiger partial charge is 0.230 e. The molecule has 2 aliphatic carbocycles. The fourth-order valence-corrected chi connectivity index (χ4v) is 7.13. The molecule has 7 rings (SSSR count). The lowest BCUT2D eigenvalue weighted by atomic mass is 9.88. The van der Waals surface area contributed by atoms with E-state index in [1.165, 1.54) is 29.9 Å². The predicted molar refractivity (Wildman–Crippen MR) is 163 cm³/mol. The quantitative estimate of drug-likeness (QED) is 0.255. The fourth-order valence-electron chi connectivity index (χ4n) is 6.47. The van der Waals surface area contributed by atoms with Crippen LogP contribution in [0.5, 0.6) is 0 Å². The van der Waals surface area contributed by atoms with Crippen molar-refractivity contribution < 1.29 is 9.47 Å². The minimum Gasteiger partial charge on any atom is -0.379 e. The van der Waals surface area contributed by atoms with Gasteiger partial charge >= 0.3 is 0 Å². The first-order valence-electron chi connectivity index (χ1n) is 15.0. The van der Waals surface area contributed by atoms with E-state index in [2.05, 4.69) is 61.0 Å². The summed E-state index contributed by atoms with van der Waals surface area (Å²) in [7, 11) is 0. The van der Waals surface area contributed by atoms with Crippen molar-refractivity contribution in [3.8, 4) is 0 Å². The predicted octanol–water partition coefficient (Wildman–Crippen LogP) is 5.92. The van der Waals surface area contributed by atoms with Crippen LogP contribution in [-0.4, -0.2) is 68.3 Å². The van der Waals surface area contributed by atoms with E-state index in [-0.39, 0.29) is 6.10 Å². The van der Waals surface area contributed by atoms with E-state index >= 15 is 0 Å². The van der Waals surface area contributed by atoms with Crippen molar-refractivity contribution in [2.45, 2.75) is 76.3 Å². The van der Waals surface area contributed by atoms with Crippen LogP contribution in [0.25, 0.3) is 11.0 Å². The summed E-state index contributed by atoms with van der Waals surface area (Å²) < 4.78 is 18.6. The second kappa shape index (κ2) is 12.1. The van der Waals surface area contributed by atoms with Crippen molar-refractivity contribution in [3.63, 3.8) is 0 Å². The summed E-state index contributed by atoms with van der Waals surface area (Å²) >= 11 is 1.44. The normalized spacial score (nSPS) is 25.2. The summed E-state index contributed by atoms with van der Waals surface area (Å²) in [5.41, 5.74) is 4.27. The lowest BCUT2D eigenvalue weighted by Gasteiger charge is -2.39. The van der Waals surface area contributed by atoms with E-state index in [1.807, 2.05) is 19.1 Å². The third kappa shape index (κ3) is 6.11. The Labute approximate surface area is 245 Å². The summed E-state index contributed by atoms with van der Waals surface area (Å²) in [5.74, 6) is 1.54. The number of nitrogens with one attached hydrogen (secondary N) is 2. The zero-order chi connectivity index (χ0) is 27.6. The first kappa shape index (κ1) is 26.8. The molecule has 0 bridgehead atoms. The monoisotopic (exact) mass is 573 g/mol. The Morgan fingerprint density at radius 1 is 1.00 bits per heavy atom. The van der Waals surface area contributed by atoms with E-state index in [4.69, 9.17) is 19.4 Å². The molecule has 3 aliphatic rings. The summed E-state index contributed by atoms with van der Waals surface area (Å²) in [5, 5.41) is 8.22. The molecular formula is C31H39N7O2S. The van der Waals surface area contributed by atoms with E-state index in [9.17, 15) is 0 Å². The van der Waals surface area contributed by atoms with Crippen LogP contribution in [0.2, 0.25) is 0 Å². The highest BCUT2D eigenvalue weighted by molar-refractivity contribution is 7.10. The van der Waals surface area contributed by atoms with Gasteiger partial charge in [-0.25, -0.2) is 4.98 Å². The number of benzene rings is 1. The average molecular weight is 574 g/mol. The number of fused-ring (bicyclic) bond motifs is 1. The van der Waals surface area contributed by atoms with Gasteiger partial charge in [-0.15, -0.1) is 0 Å². The van der Waals surface area contributed by atoms with Gasteiger partial charge in [-0.1, -0.05) is 30.3 Å². The number of morpholine rings is 1. The first-order chi connectivity index (χ1) is 20.2. The maximum absolute atomic E-state index is 6.22. The van der Waals surface area contributed by atoms with Gasteiger partial charge in [-0.3, -0.25) is 4.90 Å². The van der Waals surface area contributed by atoms with E-state index < -0.39 is 0 Å². The van der Waals surface area contributed by atoms with Gasteiger partial charge in [0.05, 0.1) is 37.1 Å². The minimum atomic E-state index is 0.279. The molecule has 0 radical (unpaired) electrons. The van der Waals surface area contributed by atoms with Crippen molar-refractivity contribution in [2.24, 2.45) is 0 Å². The van der Waals surface area contributed by atoms with Gasteiger partial charge in [-0.05, 0) is 74.7 Å². The lowest BCUT2D eigenvalue weighted by Crippen LogP contribution is -2.46. The van der Waals surface area contributed by atoms with Crippen molar-refractivity contribution in [2.75, 3.05) is 36.9 Å². The second-order valence-corrected chi connectivity index (χ2v) is 12.5. The Morgan fingerprint density at radius 3 is 2.56 bits per heavy atom. The number of rotatable bonds is 9. The third-order valence-electron chi connectivity index (χ3n) is 8.82. The molecular weight excluding hydrogens is 534 g/mol. The molecule has 4 aromatic rings. The summed E-state index contributed by atoms with van der Waals surface area (Å²) in [6, 6.07) is 16.0. The number of nitrogens with zero attached hydrogens (tertiary/aromatic N) is 5. The van der Waals surface area contributed by atoms with Crippen LogP contribution in [0, 0.1) is 6.92 Å². The van der Waals surface area contributed by atoms with E-state index in [0.29, 0.717) is 30.7 Å². The number of aromatic nitrogens is 4. The first-order valence-corrected chi connectivity index (χ1v) is 15.8. The van der Waals surface area contributed by atoms with Crippen molar-refractivity contribution in [1.82, 2.24) is 23.8 Å². The Bertz CT molecular complexity index is 1440. The average Bonchev–Trinajstić information content (AvgIpc) is 3.59. The second-order valence-electron chi connectivity index (χ2n) is 11.7. The maximum Gasteiger partial charge on any atom is 0.230 e. The molecule has 9 nitrogen and oxygen atoms in total. The summed E-state index contributed by atoms with van der Waals surface area (Å²) in [4.78, 5) is 12.6. The zero-order valence-electron chi connectivity index (χ0n) is 23.7. The van der Waals surface area contributed by atoms with Gasteiger partial charge in [-0.2, -0.15) is 9.36 Å². The molecule has 2 saturated carbocycles. The Hall–Kier alpha value is -3.05. The third-order valence-corrected chi connectivity index (χ3v) is 9.61. The van der Waals surface area contributed by atoms with Crippen LogP contribution in [0.3, 0.4) is 0 Å². The van der Waals surface area contributed by atoms with E-state index in [0.717, 1.165) is 79.5 Å². The molecule has 3 aromatic heterocycles. The SMILES string of the molecule is Cc1cc(Nc2nc(NC3CCC(N4CCOCC4)CC3)c3c(ccn3C3CC(OCc4ccccc4)C3)n2)sn1. The zero-order valence-corrected chi connectivity index (χ0v) is 24.5. The highest BCUT2D eigenvalue weighted by Gasteiger charge is 2.33. The molecule has 0 unspecified atom stereocenters. The number of ether oxygens (including phenoxy) is 2. The fraction of sp³-hybridized carbons (Fsp3) is 0.516. The molecule has 216 valence electrons. The van der Waals surface area contributed by atoms with Crippen molar-refractivity contribution >= 4 is 39.3 Å². The number of aryl methyl sites for hydroxylation is 1. The maximum atomic E-state index is 6.22. The number of anilines is 3. The van der Waals surface area contributed by atoms with Gasteiger partial charge in [0.15, 0.2) is 5.82 Å². The molecule has 41 heavy (non-hydrogen) atoms. The molecule has 10 heteroatoms. The molecule has 3 fully saturated rings. The molecule has 0 amide bonds. The Kier molecular flexibility index (Phi) is 7.88. The topological polar surface area (TPSA) is 89.4 Å². The minimum absolute atomic E-state index is 0.279. The van der Waals surface area contributed by atoms with Crippen molar-refractivity contribution in [1.29, 1.82) is 0 Å². The van der Waals surface area contributed by atoms with Gasteiger partial charge in [0.1, 0.15) is 10.5 Å². The van der Waals surface area contributed by atoms with E-state index in [1.54, 1.807) is 0 Å². The van der Waals surface area contributed by atoms with Crippen LogP contribution in [0.15, 0.2) is 48.7 Å². The van der Waals surface area contributed by atoms with Crippen LogP contribution in [0.4, 0.5) is 16.8 Å². The van der Waals surface area contributed by atoms with Crippen LogP contribution in [0.1, 0.15) is 55.8 Å². The van der Waals surface area contributed by atoms with Gasteiger partial charge in [0.25, 0.3) is 0 Å². The highest BCUT2D eigenvalue weighted by Crippen LogP contribution is 2.39. The molecule has 1 saturated heterocycles. The Balaban J connectivity index is 1.07. The van der Waals surface area contributed by atoms with Crippen molar-refractivity contribution in [3.05, 3.63) is 59.9 Å². The Morgan fingerprint density at radius 2 is 1.80 bits per heavy atom. The van der Waals surface area contributed by atoms with Crippen LogP contribution in [-0.2, 0) is 16.1 Å². The highest BCUT2D eigenvalue weighted by atomic mass is 32.1. The van der Waals surface area contributed by atoms with Crippen LogP contribution >= 0.6 is 11.5 Å². The van der Waals surface area contributed by atoms with Crippen LogP contribution < -0.4 is 10.6 Å². The summed E-state index contributed by atoms with van der Waals surface area (Å²) in [6.07, 6.45) is 9.16. The number of hydrogen-bond acceptors (Lipinski definition) is 9. The van der Waals surface area contributed by atoms with Gasteiger partial charge < -0.3 is 24.7 Å². The largest absolute Gasteiger partial charge is 0.379 e.